The first-order valence-electron chi connectivity index (χ1n) is 19.8. The summed E-state index contributed by atoms with van der Waals surface area (Å²) in [6.45, 7) is 0. The van der Waals surface area contributed by atoms with Crippen molar-refractivity contribution in [1.29, 1.82) is 0 Å². The van der Waals surface area contributed by atoms with E-state index in [9.17, 15) is 0 Å². The Morgan fingerprint density at radius 3 is 1.07 bits per heavy atom. The van der Waals surface area contributed by atoms with E-state index in [0.29, 0.717) is 0 Å². The van der Waals surface area contributed by atoms with Crippen molar-refractivity contribution in [2.75, 3.05) is 0 Å². The van der Waals surface area contributed by atoms with Crippen molar-refractivity contribution in [3.63, 3.8) is 0 Å². The molecule has 0 unspecified atom stereocenters. The SMILES string of the molecule is C1=Cc2nc1c(-c1cccnc1)c1ccc([nH]1)c(-c1cnc3ccccc3c1)c1nc(c(-c3cnc4ccccc4c3)c3ccc([nH]3)c2-c2cnc3ccccc3c2)C=C1.Cl. The number of hydrogen-bond donors (Lipinski definition) is 2. The molecular formula is C52H33ClN8. The molecule has 0 atom stereocenters. The van der Waals surface area contributed by atoms with Crippen LogP contribution in [0.4, 0.5) is 0 Å². The quantitative estimate of drug-likeness (QED) is 0.183. The van der Waals surface area contributed by atoms with Crippen LogP contribution in [0.25, 0.3) is 124 Å². The molecule has 2 N–H and O–H groups in total. The van der Waals surface area contributed by atoms with Crippen molar-refractivity contribution in [3.05, 3.63) is 181 Å². The van der Waals surface area contributed by atoms with Gasteiger partial charge < -0.3 is 9.97 Å². The monoisotopic (exact) mass is 804 g/mol. The number of rotatable bonds is 4. The summed E-state index contributed by atoms with van der Waals surface area (Å²) in [6, 6.07) is 43.7. The van der Waals surface area contributed by atoms with E-state index in [4.69, 9.17) is 24.9 Å². The van der Waals surface area contributed by atoms with Crippen molar-refractivity contribution in [1.82, 2.24) is 39.9 Å². The van der Waals surface area contributed by atoms with Crippen molar-refractivity contribution < 1.29 is 0 Å². The molecule has 0 fully saturated rings. The zero-order valence-corrected chi connectivity index (χ0v) is 33.2. The summed E-state index contributed by atoms with van der Waals surface area (Å²) < 4.78 is 0. The highest BCUT2D eigenvalue weighted by Crippen LogP contribution is 2.39. The third-order valence-electron chi connectivity index (χ3n) is 11.3. The van der Waals surface area contributed by atoms with Gasteiger partial charge in [-0.3, -0.25) is 19.9 Å². The molecule has 61 heavy (non-hydrogen) atoms. The third kappa shape index (κ3) is 6.25. The summed E-state index contributed by atoms with van der Waals surface area (Å²) in [7, 11) is 0. The first-order valence-corrected chi connectivity index (χ1v) is 19.8. The van der Waals surface area contributed by atoms with E-state index in [1.807, 2.05) is 85.5 Å². The number of halogens is 1. The van der Waals surface area contributed by atoms with E-state index in [2.05, 4.69) is 106 Å². The number of nitrogens with zero attached hydrogens (tertiary/aromatic N) is 6. The average Bonchev–Trinajstić information content (AvgIpc) is 4.15. The number of nitrogens with one attached hydrogen (secondary N) is 2. The number of aromatic nitrogens is 8. The van der Waals surface area contributed by atoms with Gasteiger partial charge in [-0.05, 0) is 91.0 Å². The molecule has 9 heteroatoms. The number of H-pyrrole nitrogens is 2. The van der Waals surface area contributed by atoms with Gasteiger partial charge in [0.25, 0.3) is 0 Å². The molecule has 8 nitrogen and oxygen atoms in total. The number of fused-ring (bicyclic) bond motifs is 11. The predicted octanol–water partition coefficient (Wildman–Crippen LogP) is 12.8. The second-order valence-corrected chi connectivity index (χ2v) is 15.0. The third-order valence-corrected chi connectivity index (χ3v) is 11.3. The van der Waals surface area contributed by atoms with Crippen molar-refractivity contribution >= 4 is 91.5 Å². The zero-order chi connectivity index (χ0) is 39.6. The Hall–Kier alpha value is -8.07. The van der Waals surface area contributed by atoms with Gasteiger partial charge in [0, 0.05) is 114 Å². The van der Waals surface area contributed by atoms with E-state index in [1.54, 1.807) is 6.20 Å². The van der Waals surface area contributed by atoms with Gasteiger partial charge in [-0.15, -0.1) is 12.4 Å². The van der Waals surface area contributed by atoms with Gasteiger partial charge in [-0.2, -0.15) is 0 Å². The Morgan fingerprint density at radius 2 is 0.705 bits per heavy atom. The molecule has 0 aliphatic carbocycles. The Kier molecular flexibility index (Phi) is 8.65. The minimum atomic E-state index is 0. The van der Waals surface area contributed by atoms with E-state index in [-0.39, 0.29) is 12.4 Å². The van der Waals surface area contributed by atoms with Crippen LogP contribution in [0.5, 0.6) is 0 Å². The van der Waals surface area contributed by atoms with Crippen LogP contribution in [-0.2, 0) is 0 Å². The summed E-state index contributed by atoms with van der Waals surface area (Å²) in [5.41, 5.74) is 17.2. The first-order chi connectivity index (χ1) is 29.7. The normalized spacial score (nSPS) is 12.0. The molecule has 10 aromatic rings. The lowest BCUT2D eigenvalue weighted by Gasteiger charge is -2.08. The maximum atomic E-state index is 5.47. The van der Waals surface area contributed by atoms with Crippen LogP contribution in [0.3, 0.4) is 0 Å². The molecule has 9 heterocycles. The van der Waals surface area contributed by atoms with Crippen LogP contribution in [0.15, 0.2) is 158 Å². The minimum absolute atomic E-state index is 0. The molecule has 2 aliphatic heterocycles. The van der Waals surface area contributed by atoms with E-state index in [1.165, 1.54) is 0 Å². The van der Waals surface area contributed by atoms with E-state index >= 15 is 0 Å². The van der Waals surface area contributed by atoms with Crippen LogP contribution in [-0.4, -0.2) is 39.9 Å². The summed E-state index contributed by atoms with van der Waals surface area (Å²) in [5, 5.41) is 3.14. The van der Waals surface area contributed by atoms with Crippen LogP contribution in [0.1, 0.15) is 22.8 Å². The fourth-order valence-corrected chi connectivity index (χ4v) is 8.55. The Labute approximate surface area is 355 Å². The van der Waals surface area contributed by atoms with Crippen LogP contribution < -0.4 is 0 Å². The standard InChI is InChI=1S/C52H32N8.ClH/c1-4-12-38-31(8-1)24-35(28-54-38)50-43-17-15-41(57-43)49(34-11-7-23-53-27-34)42-16-18-44(58-42)51(36-25-32-9-2-5-13-39(32)55-29-36)46-20-22-48(60-46)52(47-21-19-45(50)59-47)37-26-33-10-3-6-14-40(33)56-30-37;/h1-30,57,60H;1H. The molecule has 0 saturated heterocycles. The number of pyridine rings is 4. The lowest BCUT2D eigenvalue weighted by atomic mass is 10.0. The van der Waals surface area contributed by atoms with Crippen LogP contribution >= 0.6 is 12.4 Å². The molecule has 0 radical (unpaired) electrons. The molecule has 3 aromatic carbocycles. The second kappa shape index (κ2) is 14.6. The summed E-state index contributed by atoms with van der Waals surface area (Å²) in [6.07, 6.45) is 17.9. The van der Waals surface area contributed by atoms with Gasteiger partial charge in [0.1, 0.15) is 0 Å². The molecule has 0 spiro atoms. The summed E-state index contributed by atoms with van der Waals surface area (Å²) in [5.74, 6) is 0. The highest BCUT2D eigenvalue weighted by Gasteiger charge is 2.20. The highest BCUT2D eigenvalue weighted by atomic mass is 35.5. The molecule has 288 valence electrons. The van der Waals surface area contributed by atoms with Crippen LogP contribution in [0.2, 0.25) is 0 Å². The number of benzene rings is 3. The van der Waals surface area contributed by atoms with Gasteiger partial charge in [-0.1, -0.05) is 60.7 Å². The van der Waals surface area contributed by atoms with Crippen molar-refractivity contribution in [2.24, 2.45) is 0 Å². The van der Waals surface area contributed by atoms with Gasteiger partial charge in [0.2, 0.25) is 0 Å². The van der Waals surface area contributed by atoms with Crippen molar-refractivity contribution in [3.8, 4) is 44.5 Å². The second-order valence-electron chi connectivity index (χ2n) is 15.0. The molecule has 7 aromatic heterocycles. The van der Waals surface area contributed by atoms with Crippen LogP contribution in [0, 0.1) is 0 Å². The molecule has 8 bridgehead atoms. The average molecular weight is 805 g/mol. The predicted molar refractivity (Wildman–Crippen MR) is 252 cm³/mol. The largest absolute Gasteiger partial charge is 0.354 e. The van der Waals surface area contributed by atoms with E-state index < -0.39 is 0 Å². The van der Waals surface area contributed by atoms with Gasteiger partial charge >= 0.3 is 0 Å². The Balaban J connectivity index is 0.00000420. The molecular weight excluding hydrogens is 772 g/mol. The number of para-hydroxylation sites is 3. The topological polar surface area (TPSA) is 109 Å². The smallest absolute Gasteiger partial charge is 0.0737 e. The van der Waals surface area contributed by atoms with Crippen molar-refractivity contribution in [2.45, 2.75) is 0 Å². The maximum Gasteiger partial charge on any atom is 0.0737 e. The van der Waals surface area contributed by atoms with Gasteiger partial charge in [0.15, 0.2) is 0 Å². The lowest BCUT2D eigenvalue weighted by molar-refractivity contribution is 1.29. The molecule has 0 amide bonds. The minimum Gasteiger partial charge on any atom is -0.354 e. The highest BCUT2D eigenvalue weighted by molar-refractivity contribution is 6.01. The fraction of sp³-hybridized carbons (Fsp3) is 0. The summed E-state index contributed by atoms with van der Waals surface area (Å²) >= 11 is 0. The molecule has 0 saturated carbocycles. The fourth-order valence-electron chi connectivity index (χ4n) is 8.55. The maximum absolute atomic E-state index is 5.47. The summed E-state index contributed by atoms with van der Waals surface area (Å²) in [4.78, 5) is 37.8. The van der Waals surface area contributed by atoms with E-state index in [0.717, 1.165) is 122 Å². The lowest BCUT2D eigenvalue weighted by Crippen LogP contribution is -1.91. The first kappa shape index (κ1) is 36.0. The molecule has 12 rings (SSSR count). The number of hydrogen-bond acceptors (Lipinski definition) is 6. The molecule has 2 aliphatic rings. The van der Waals surface area contributed by atoms with Gasteiger partial charge in [-0.25, -0.2) is 9.97 Å². The number of aromatic amines is 2. The Bertz CT molecular complexity index is 3550. The zero-order valence-electron chi connectivity index (χ0n) is 32.4. The van der Waals surface area contributed by atoms with Gasteiger partial charge in [0.05, 0.1) is 39.3 Å². The Morgan fingerprint density at radius 1 is 0.344 bits per heavy atom.